The normalized spacial score (nSPS) is 22.9. The fourth-order valence-corrected chi connectivity index (χ4v) is 5.17. The highest BCUT2D eigenvalue weighted by Crippen LogP contribution is 2.27. The second-order valence-electron chi connectivity index (χ2n) is 5.85. The van der Waals surface area contributed by atoms with E-state index >= 15 is 0 Å². The van der Waals surface area contributed by atoms with Crippen LogP contribution in [0.1, 0.15) is 24.8 Å². The van der Waals surface area contributed by atoms with Crippen LogP contribution in [0.5, 0.6) is 0 Å². The van der Waals surface area contributed by atoms with Crippen LogP contribution >= 0.6 is 0 Å². The number of hydrogen-bond acceptors (Lipinski definition) is 5. The average Bonchev–Trinajstić information content (AvgIpc) is 2.84. The molecule has 1 fully saturated rings. The molecule has 0 amide bonds. The van der Waals surface area contributed by atoms with Gasteiger partial charge >= 0.3 is 0 Å². The summed E-state index contributed by atoms with van der Waals surface area (Å²) in [5, 5.41) is 0. The molecule has 0 aromatic heterocycles. The number of nitrogens with one attached hydrogen (secondary N) is 1. The average molecular weight is 346 g/mol. The number of hydrogen-bond donors (Lipinski definition) is 2. The van der Waals surface area contributed by atoms with E-state index < -0.39 is 19.9 Å². The van der Waals surface area contributed by atoms with Crippen molar-refractivity contribution >= 4 is 19.9 Å². The van der Waals surface area contributed by atoms with E-state index in [1.54, 1.807) is 6.92 Å². The van der Waals surface area contributed by atoms with Crippen LogP contribution in [-0.2, 0) is 19.9 Å². The molecule has 0 spiro atoms. The lowest BCUT2D eigenvalue weighted by atomic mass is 10.1. The lowest BCUT2D eigenvalue weighted by Crippen LogP contribution is -2.40. The Hall–Kier alpha value is -0.960. The summed E-state index contributed by atoms with van der Waals surface area (Å²) in [5.41, 5.74) is 6.19. The Bertz CT molecular complexity index is 757. The Morgan fingerprint density at radius 3 is 2.50 bits per heavy atom. The zero-order valence-corrected chi connectivity index (χ0v) is 14.4. The molecule has 2 rings (SSSR count). The lowest BCUT2D eigenvalue weighted by Gasteiger charge is -2.20. The first kappa shape index (κ1) is 17.4. The van der Waals surface area contributed by atoms with E-state index in [9.17, 15) is 16.8 Å². The molecule has 124 valence electrons. The van der Waals surface area contributed by atoms with Crippen LogP contribution in [0.3, 0.4) is 0 Å². The Kier molecular flexibility index (Phi) is 4.96. The minimum Gasteiger partial charge on any atom is -0.330 e. The third-order valence-electron chi connectivity index (χ3n) is 4.15. The minimum atomic E-state index is -3.77. The van der Waals surface area contributed by atoms with Crippen LogP contribution in [-0.4, -0.2) is 35.7 Å². The smallest absolute Gasteiger partial charge is 0.241 e. The molecule has 0 aliphatic heterocycles. The van der Waals surface area contributed by atoms with E-state index in [4.69, 9.17) is 5.73 Å². The van der Waals surface area contributed by atoms with Crippen molar-refractivity contribution in [2.24, 2.45) is 11.7 Å². The molecule has 1 aromatic rings. The standard InChI is InChI=1S/C14H22N2O4S2/c1-10-6-7-12(21(2,17)18)8-14(10)22(19,20)16-13-5-3-4-11(13)9-15/h6-8,11,13,16H,3-5,9,15H2,1-2H3/t11-,13-/m1/s1. The van der Waals surface area contributed by atoms with Crippen molar-refractivity contribution in [3.8, 4) is 0 Å². The second kappa shape index (κ2) is 6.27. The number of sulfonamides is 1. The fourth-order valence-electron chi connectivity index (χ4n) is 2.84. The predicted octanol–water partition coefficient (Wildman–Crippen LogP) is 0.804. The van der Waals surface area contributed by atoms with Gasteiger partial charge in [0.25, 0.3) is 0 Å². The zero-order valence-electron chi connectivity index (χ0n) is 12.7. The molecule has 0 unspecified atom stereocenters. The maximum atomic E-state index is 12.6. The molecule has 1 aliphatic carbocycles. The molecule has 6 nitrogen and oxygen atoms in total. The largest absolute Gasteiger partial charge is 0.330 e. The fraction of sp³-hybridized carbons (Fsp3) is 0.571. The van der Waals surface area contributed by atoms with Gasteiger partial charge in [0.15, 0.2) is 9.84 Å². The molecule has 0 bridgehead atoms. The van der Waals surface area contributed by atoms with Gasteiger partial charge in [-0.25, -0.2) is 21.6 Å². The summed E-state index contributed by atoms with van der Waals surface area (Å²) in [6.45, 7) is 2.09. The summed E-state index contributed by atoms with van der Waals surface area (Å²) in [4.78, 5) is 0.0124. The predicted molar refractivity (Wildman–Crippen MR) is 84.8 cm³/mol. The molecule has 1 saturated carbocycles. The Morgan fingerprint density at radius 2 is 1.91 bits per heavy atom. The first-order chi connectivity index (χ1) is 10.1. The van der Waals surface area contributed by atoms with E-state index in [1.807, 2.05) is 0 Å². The summed E-state index contributed by atoms with van der Waals surface area (Å²) in [7, 11) is -7.23. The summed E-state index contributed by atoms with van der Waals surface area (Å²) in [6.07, 6.45) is 3.66. The number of benzene rings is 1. The van der Waals surface area contributed by atoms with Gasteiger partial charge in [0, 0.05) is 12.3 Å². The number of rotatable bonds is 5. The Labute approximate surface area is 132 Å². The molecule has 1 aromatic carbocycles. The monoisotopic (exact) mass is 346 g/mol. The van der Waals surface area contributed by atoms with Crippen molar-refractivity contribution in [1.29, 1.82) is 0 Å². The first-order valence-electron chi connectivity index (χ1n) is 7.18. The quantitative estimate of drug-likeness (QED) is 0.820. The van der Waals surface area contributed by atoms with Crippen molar-refractivity contribution in [3.63, 3.8) is 0 Å². The van der Waals surface area contributed by atoms with Gasteiger partial charge in [0.1, 0.15) is 0 Å². The van der Waals surface area contributed by atoms with Gasteiger partial charge in [-0.2, -0.15) is 0 Å². The van der Waals surface area contributed by atoms with Crippen molar-refractivity contribution < 1.29 is 16.8 Å². The number of aryl methyl sites for hydroxylation is 1. The first-order valence-corrected chi connectivity index (χ1v) is 10.6. The van der Waals surface area contributed by atoms with Crippen LogP contribution in [0, 0.1) is 12.8 Å². The van der Waals surface area contributed by atoms with Gasteiger partial charge < -0.3 is 5.73 Å². The number of nitrogens with two attached hydrogens (primary N) is 1. The maximum absolute atomic E-state index is 12.6. The summed E-state index contributed by atoms with van der Waals surface area (Å²) >= 11 is 0. The zero-order chi connectivity index (χ0) is 16.5. The van der Waals surface area contributed by atoms with E-state index in [0.717, 1.165) is 25.5 Å². The third kappa shape index (κ3) is 3.68. The van der Waals surface area contributed by atoms with Crippen LogP contribution in [0.4, 0.5) is 0 Å². The highest BCUT2D eigenvalue weighted by atomic mass is 32.2. The van der Waals surface area contributed by atoms with E-state index in [-0.39, 0.29) is 21.8 Å². The molecular formula is C14H22N2O4S2. The molecule has 0 radical (unpaired) electrons. The molecule has 0 saturated heterocycles. The molecule has 0 heterocycles. The SMILES string of the molecule is Cc1ccc(S(C)(=O)=O)cc1S(=O)(=O)N[C@@H]1CCC[C@@H]1CN. The van der Waals surface area contributed by atoms with Crippen molar-refractivity contribution in [2.45, 2.75) is 42.0 Å². The Balaban J connectivity index is 2.37. The molecule has 22 heavy (non-hydrogen) atoms. The molecular weight excluding hydrogens is 324 g/mol. The van der Waals surface area contributed by atoms with Gasteiger partial charge in [-0.05, 0) is 49.9 Å². The molecule has 2 atom stereocenters. The highest BCUT2D eigenvalue weighted by molar-refractivity contribution is 7.91. The maximum Gasteiger partial charge on any atom is 0.241 e. The van der Waals surface area contributed by atoms with Crippen molar-refractivity contribution in [1.82, 2.24) is 4.72 Å². The van der Waals surface area contributed by atoms with Gasteiger partial charge in [-0.15, -0.1) is 0 Å². The highest BCUT2D eigenvalue weighted by Gasteiger charge is 2.31. The van der Waals surface area contributed by atoms with E-state index in [2.05, 4.69) is 4.72 Å². The molecule has 1 aliphatic rings. The summed E-state index contributed by atoms with van der Waals surface area (Å²) in [5.74, 6) is 0.133. The van der Waals surface area contributed by atoms with E-state index in [1.165, 1.54) is 18.2 Å². The van der Waals surface area contributed by atoms with Gasteiger partial charge in [0.2, 0.25) is 10.0 Å². The van der Waals surface area contributed by atoms with Gasteiger partial charge in [0.05, 0.1) is 9.79 Å². The van der Waals surface area contributed by atoms with Crippen molar-refractivity contribution in [3.05, 3.63) is 23.8 Å². The Morgan fingerprint density at radius 1 is 1.23 bits per heavy atom. The van der Waals surface area contributed by atoms with Crippen LogP contribution in [0.2, 0.25) is 0 Å². The van der Waals surface area contributed by atoms with Crippen LogP contribution < -0.4 is 10.5 Å². The van der Waals surface area contributed by atoms with Crippen LogP contribution in [0.25, 0.3) is 0 Å². The van der Waals surface area contributed by atoms with Crippen LogP contribution in [0.15, 0.2) is 28.0 Å². The van der Waals surface area contributed by atoms with Gasteiger partial charge in [-0.1, -0.05) is 12.5 Å². The topological polar surface area (TPSA) is 106 Å². The van der Waals surface area contributed by atoms with Gasteiger partial charge in [-0.3, -0.25) is 0 Å². The summed E-state index contributed by atoms with van der Waals surface area (Å²) < 4.78 is 51.2. The van der Waals surface area contributed by atoms with Crippen molar-refractivity contribution in [2.75, 3.05) is 12.8 Å². The minimum absolute atomic E-state index is 0.000252. The summed E-state index contributed by atoms with van der Waals surface area (Å²) in [6, 6.07) is 3.97. The molecule has 3 N–H and O–H groups in total. The number of sulfone groups is 1. The van der Waals surface area contributed by atoms with E-state index in [0.29, 0.717) is 12.1 Å². The molecule has 8 heteroatoms. The second-order valence-corrected chi connectivity index (χ2v) is 9.55. The third-order valence-corrected chi connectivity index (χ3v) is 6.89. The lowest BCUT2D eigenvalue weighted by molar-refractivity contribution is 0.452.